The second-order valence-electron chi connectivity index (χ2n) is 5.52. The van der Waals surface area contributed by atoms with Crippen molar-refractivity contribution in [2.45, 2.75) is 0 Å². The van der Waals surface area contributed by atoms with Crippen LogP contribution >= 0.6 is 34.8 Å². The largest absolute Gasteiger partial charge is 0.464 e. The standard InChI is InChI=1S/C19H13Cl3N2O3/c1-27-19(26)18-17(16-12(21)7-10(20)8-14(16)24-18)13(22)9-15(25)23-11-5-3-2-4-6-11/h2-9,24H,1H3,(H,23,25)/b13-9-. The van der Waals surface area contributed by atoms with Crippen molar-refractivity contribution in [2.24, 2.45) is 0 Å². The average molecular weight is 424 g/mol. The van der Waals surface area contributed by atoms with Gasteiger partial charge in [0, 0.05) is 33.3 Å². The first kappa shape index (κ1) is 19.3. The molecule has 3 aromatic rings. The van der Waals surface area contributed by atoms with Gasteiger partial charge in [0.1, 0.15) is 5.69 Å². The summed E-state index contributed by atoms with van der Waals surface area (Å²) in [4.78, 5) is 27.4. The number of esters is 1. The van der Waals surface area contributed by atoms with Gasteiger partial charge in [0.25, 0.3) is 0 Å². The Bertz CT molecular complexity index is 1060. The van der Waals surface area contributed by atoms with E-state index in [1.165, 1.54) is 19.3 Å². The Balaban J connectivity index is 2.08. The predicted molar refractivity (Wildman–Crippen MR) is 109 cm³/mol. The highest BCUT2D eigenvalue weighted by Crippen LogP contribution is 2.37. The molecule has 0 fully saturated rings. The van der Waals surface area contributed by atoms with E-state index in [4.69, 9.17) is 39.5 Å². The molecule has 0 saturated carbocycles. The van der Waals surface area contributed by atoms with Gasteiger partial charge >= 0.3 is 5.97 Å². The molecule has 0 unspecified atom stereocenters. The molecule has 27 heavy (non-hydrogen) atoms. The summed E-state index contributed by atoms with van der Waals surface area (Å²) < 4.78 is 4.79. The number of methoxy groups -OCH3 is 1. The van der Waals surface area contributed by atoms with E-state index in [-0.39, 0.29) is 21.3 Å². The van der Waals surface area contributed by atoms with Crippen LogP contribution in [-0.2, 0) is 9.53 Å². The van der Waals surface area contributed by atoms with Crippen molar-refractivity contribution >= 4 is 68.3 Å². The van der Waals surface area contributed by atoms with Crippen LogP contribution < -0.4 is 5.32 Å². The molecule has 138 valence electrons. The number of nitrogens with one attached hydrogen (secondary N) is 2. The zero-order valence-electron chi connectivity index (χ0n) is 14.0. The zero-order valence-corrected chi connectivity index (χ0v) is 16.2. The van der Waals surface area contributed by atoms with Crippen LogP contribution in [0.25, 0.3) is 15.9 Å². The van der Waals surface area contributed by atoms with Crippen molar-refractivity contribution in [1.29, 1.82) is 0 Å². The summed E-state index contributed by atoms with van der Waals surface area (Å²) in [5, 5.41) is 3.86. The maximum atomic E-state index is 12.3. The molecule has 2 aromatic carbocycles. The number of aromatic amines is 1. The smallest absolute Gasteiger partial charge is 0.355 e. The van der Waals surface area contributed by atoms with Gasteiger partial charge < -0.3 is 15.0 Å². The number of carbonyl (C=O) groups excluding carboxylic acids is 2. The summed E-state index contributed by atoms with van der Waals surface area (Å²) in [6, 6.07) is 12.0. The monoisotopic (exact) mass is 422 g/mol. The third-order valence-electron chi connectivity index (χ3n) is 3.74. The minimum absolute atomic E-state index is 0.0271. The fourth-order valence-corrected chi connectivity index (χ4v) is 3.51. The molecule has 3 rings (SSSR count). The molecular weight excluding hydrogens is 411 g/mol. The molecule has 8 heteroatoms. The molecule has 0 atom stereocenters. The Morgan fingerprint density at radius 2 is 1.85 bits per heavy atom. The Morgan fingerprint density at radius 3 is 2.52 bits per heavy atom. The number of aromatic nitrogens is 1. The fraction of sp³-hybridized carbons (Fsp3) is 0.0526. The van der Waals surface area contributed by atoms with Gasteiger partial charge in [0.05, 0.1) is 17.2 Å². The number of halogens is 3. The van der Waals surface area contributed by atoms with Gasteiger partial charge in [0.2, 0.25) is 5.91 Å². The lowest BCUT2D eigenvalue weighted by atomic mass is 10.1. The van der Waals surface area contributed by atoms with E-state index >= 15 is 0 Å². The van der Waals surface area contributed by atoms with Crippen molar-refractivity contribution in [3.8, 4) is 0 Å². The van der Waals surface area contributed by atoms with E-state index in [1.807, 2.05) is 6.07 Å². The first-order valence-electron chi connectivity index (χ1n) is 7.73. The van der Waals surface area contributed by atoms with Gasteiger partial charge in [-0.15, -0.1) is 0 Å². The highest BCUT2D eigenvalue weighted by molar-refractivity contribution is 6.53. The second kappa shape index (κ2) is 8.05. The highest BCUT2D eigenvalue weighted by atomic mass is 35.5. The Morgan fingerprint density at radius 1 is 1.15 bits per heavy atom. The molecule has 0 saturated heterocycles. The van der Waals surface area contributed by atoms with Crippen molar-refractivity contribution in [1.82, 2.24) is 4.98 Å². The number of H-pyrrole nitrogens is 1. The summed E-state index contributed by atoms with van der Waals surface area (Å²) in [6.45, 7) is 0. The minimum Gasteiger partial charge on any atom is -0.464 e. The molecule has 0 aliphatic rings. The van der Waals surface area contributed by atoms with E-state index in [0.717, 1.165) is 0 Å². The molecule has 0 aliphatic heterocycles. The van der Waals surface area contributed by atoms with Crippen molar-refractivity contribution < 1.29 is 14.3 Å². The Hall–Kier alpha value is -2.47. The van der Waals surface area contributed by atoms with Gasteiger partial charge in [0.15, 0.2) is 0 Å². The number of benzene rings is 2. The third kappa shape index (κ3) is 4.11. The molecule has 0 aliphatic carbocycles. The third-order valence-corrected chi connectivity index (χ3v) is 4.56. The van der Waals surface area contributed by atoms with Crippen molar-refractivity contribution in [3.63, 3.8) is 0 Å². The number of hydrogen-bond acceptors (Lipinski definition) is 3. The van der Waals surface area contributed by atoms with Crippen LogP contribution in [-0.4, -0.2) is 24.0 Å². The van der Waals surface area contributed by atoms with Gasteiger partial charge in [-0.3, -0.25) is 4.79 Å². The summed E-state index contributed by atoms with van der Waals surface area (Å²) in [7, 11) is 1.24. The van der Waals surface area contributed by atoms with Crippen LogP contribution in [0.4, 0.5) is 5.69 Å². The van der Waals surface area contributed by atoms with Crippen LogP contribution in [0, 0.1) is 0 Å². The number of carbonyl (C=O) groups is 2. The lowest BCUT2D eigenvalue weighted by Gasteiger charge is -2.05. The number of rotatable bonds is 4. The predicted octanol–water partition coefficient (Wildman–Crippen LogP) is 5.48. The topological polar surface area (TPSA) is 71.2 Å². The zero-order chi connectivity index (χ0) is 19.6. The molecule has 1 amide bonds. The second-order valence-corrected chi connectivity index (χ2v) is 6.78. The summed E-state index contributed by atoms with van der Waals surface area (Å²) in [5.74, 6) is -1.11. The quantitative estimate of drug-likeness (QED) is 0.431. The Kier molecular flexibility index (Phi) is 5.75. The minimum atomic E-state index is -0.650. The number of anilines is 1. The fourth-order valence-electron chi connectivity index (χ4n) is 2.63. The molecule has 0 radical (unpaired) electrons. The molecular formula is C19H13Cl3N2O3. The van der Waals surface area contributed by atoms with Crippen LogP contribution in [0.3, 0.4) is 0 Å². The summed E-state index contributed by atoms with van der Waals surface area (Å²) >= 11 is 18.7. The highest BCUT2D eigenvalue weighted by Gasteiger charge is 2.23. The molecule has 2 N–H and O–H groups in total. The van der Waals surface area contributed by atoms with Crippen LogP contribution in [0.15, 0.2) is 48.5 Å². The van der Waals surface area contributed by atoms with E-state index in [2.05, 4.69) is 10.3 Å². The van der Waals surface area contributed by atoms with Crippen LogP contribution in [0.1, 0.15) is 16.1 Å². The molecule has 0 spiro atoms. The van der Waals surface area contributed by atoms with Gasteiger partial charge in [-0.25, -0.2) is 4.79 Å². The van der Waals surface area contributed by atoms with Crippen LogP contribution in [0.2, 0.25) is 10.0 Å². The van der Waals surface area contributed by atoms with Crippen LogP contribution in [0.5, 0.6) is 0 Å². The lowest BCUT2D eigenvalue weighted by Crippen LogP contribution is -2.09. The van der Waals surface area contributed by atoms with Gasteiger partial charge in [-0.1, -0.05) is 53.0 Å². The van der Waals surface area contributed by atoms with E-state index in [1.54, 1.807) is 30.3 Å². The van der Waals surface area contributed by atoms with E-state index in [0.29, 0.717) is 21.6 Å². The molecule has 0 bridgehead atoms. The van der Waals surface area contributed by atoms with Crippen molar-refractivity contribution in [2.75, 3.05) is 12.4 Å². The summed E-state index contributed by atoms with van der Waals surface area (Å²) in [6.07, 6.45) is 1.18. The Labute approximate surface area is 169 Å². The average Bonchev–Trinajstić information content (AvgIpc) is 3.01. The number of fused-ring (bicyclic) bond motifs is 1. The first-order valence-corrected chi connectivity index (χ1v) is 8.86. The van der Waals surface area contributed by atoms with Gasteiger partial charge in [-0.2, -0.15) is 0 Å². The van der Waals surface area contributed by atoms with Crippen molar-refractivity contribution in [3.05, 3.63) is 69.8 Å². The maximum absolute atomic E-state index is 12.3. The number of hydrogen-bond donors (Lipinski definition) is 2. The molecule has 1 aromatic heterocycles. The maximum Gasteiger partial charge on any atom is 0.355 e. The molecule has 1 heterocycles. The lowest BCUT2D eigenvalue weighted by molar-refractivity contribution is -0.111. The first-order chi connectivity index (χ1) is 12.9. The number of amides is 1. The normalized spacial score (nSPS) is 11.5. The van der Waals surface area contributed by atoms with E-state index < -0.39 is 11.9 Å². The van der Waals surface area contributed by atoms with Gasteiger partial charge in [-0.05, 0) is 24.3 Å². The summed E-state index contributed by atoms with van der Waals surface area (Å²) in [5.41, 5.74) is 1.45. The molecule has 5 nitrogen and oxygen atoms in total. The number of ether oxygens (including phenoxy) is 1. The SMILES string of the molecule is COC(=O)c1[nH]c2cc(Cl)cc(Cl)c2c1/C(Cl)=C/C(=O)Nc1ccccc1. The number of para-hydroxylation sites is 1. The van der Waals surface area contributed by atoms with E-state index in [9.17, 15) is 9.59 Å².